The molecule has 8 heteroatoms. The fourth-order valence-corrected chi connectivity index (χ4v) is 2.71. The number of ether oxygens (including phenoxy) is 1. The van der Waals surface area contributed by atoms with Crippen LogP contribution in [0.15, 0.2) is 30.3 Å². The van der Waals surface area contributed by atoms with E-state index in [9.17, 15) is 19.2 Å². The lowest BCUT2D eigenvalue weighted by Crippen LogP contribution is -2.40. The molecule has 0 atom stereocenters. The van der Waals surface area contributed by atoms with Crippen LogP contribution in [0.3, 0.4) is 0 Å². The maximum atomic E-state index is 12.0. The van der Waals surface area contributed by atoms with E-state index in [1.165, 1.54) is 6.08 Å². The Morgan fingerprint density at radius 3 is 2.50 bits per heavy atom. The quantitative estimate of drug-likeness (QED) is 0.420. The molecule has 0 aromatic heterocycles. The zero-order chi connectivity index (χ0) is 20.3. The van der Waals surface area contributed by atoms with Crippen LogP contribution < -0.4 is 10.6 Å². The molecule has 1 aliphatic heterocycles. The first-order chi connectivity index (χ1) is 13.3. The molecule has 2 aliphatic rings. The summed E-state index contributed by atoms with van der Waals surface area (Å²) in [6.07, 6.45) is 4.89. The predicted octanol–water partition coefficient (Wildman–Crippen LogP) is 1.47. The molecular formula is C20H23N3O5. The van der Waals surface area contributed by atoms with E-state index in [0.29, 0.717) is 11.6 Å². The van der Waals surface area contributed by atoms with Crippen LogP contribution in [0.2, 0.25) is 0 Å². The number of benzene rings is 1. The van der Waals surface area contributed by atoms with E-state index >= 15 is 0 Å². The third-order valence-electron chi connectivity index (χ3n) is 4.50. The van der Waals surface area contributed by atoms with Gasteiger partial charge in [0, 0.05) is 17.7 Å². The molecular weight excluding hydrogens is 362 g/mol. The van der Waals surface area contributed by atoms with Crippen molar-refractivity contribution in [2.24, 2.45) is 0 Å². The average Bonchev–Trinajstić information content (AvgIpc) is 3.43. The first kappa shape index (κ1) is 19.6. The molecule has 4 amide bonds. The highest BCUT2D eigenvalue weighted by Gasteiger charge is 2.43. The summed E-state index contributed by atoms with van der Waals surface area (Å²) >= 11 is 0. The lowest BCUT2D eigenvalue weighted by Gasteiger charge is -2.15. The Labute approximate surface area is 162 Å². The molecule has 0 bridgehead atoms. The monoisotopic (exact) mass is 385 g/mol. The number of urea groups is 1. The Hall–Kier alpha value is -3.16. The van der Waals surface area contributed by atoms with Crippen LogP contribution in [0.25, 0.3) is 6.08 Å². The average molecular weight is 385 g/mol. The molecule has 2 fully saturated rings. The first-order valence-corrected chi connectivity index (χ1v) is 9.16. The van der Waals surface area contributed by atoms with Crippen LogP contribution in [0.5, 0.6) is 0 Å². The van der Waals surface area contributed by atoms with E-state index < -0.39 is 17.5 Å². The van der Waals surface area contributed by atoms with Crippen molar-refractivity contribution < 1.29 is 23.9 Å². The van der Waals surface area contributed by atoms with E-state index in [-0.39, 0.29) is 25.0 Å². The van der Waals surface area contributed by atoms with E-state index in [4.69, 9.17) is 4.74 Å². The zero-order valence-corrected chi connectivity index (χ0v) is 15.9. The minimum atomic E-state index is -0.942. The minimum Gasteiger partial charge on any atom is -0.461 e. The fraction of sp³-hybridized carbons (Fsp3) is 0.400. The van der Waals surface area contributed by atoms with Crippen LogP contribution in [0.4, 0.5) is 4.79 Å². The lowest BCUT2D eigenvalue weighted by atomic mass is 10.1. The van der Waals surface area contributed by atoms with Gasteiger partial charge < -0.3 is 15.4 Å². The third kappa shape index (κ3) is 4.76. The Balaban J connectivity index is 1.44. The number of hydrogen-bond acceptors (Lipinski definition) is 5. The van der Waals surface area contributed by atoms with Gasteiger partial charge in [0.2, 0.25) is 0 Å². The number of amides is 4. The second kappa shape index (κ2) is 7.84. The van der Waals surface area contributed by atoms with Crippen molar-refractivity contribution >= 4 is 29.9 Å². The van der Waals surface area contributed by atoms with Crippen molar-refractivity contribution in [3.05, 3.63) is 41.5 Å². The highest BCUT2D eigenvalue weighted by atomic mass is 16.5. The van der Waals surface area contributed by atoms with E-state index in [1.807, 2.05) is 0 Å². The number of imide groups is 1. The molecule has 8 nitrogen and oxygen atoms in total. The van der Waals surface area contributed by atoms with Gasteiger partial charge in [0.25, 0.3) is 11.8 Å². The van der Waals surface area contributed by atoms with Gasteiger partial charge in [-0.15, -0.1) is 0 Å². The van der Waals surface area contributed by atoms with Crippen LogP contribution >= 0.6 is 0 Å². The molecule has 2 N–H and O–H groups in total. The third-order valence-corrected chi connectivity index (χ3v) is 4.50. The van der Waals surface area contributed by atoms with Crippen LogP contribution in [0.1, 0.15) is 42.6 Å². The van der Waals surface area contributed by atoms with E-state index in [1.54, 1.807) is 44.2 Å². The molecule has 1 saturated carbocycles. The zero-order valence-electron chi connectivity index (χ0n) is 15.9. The Morgan fingerprint density at radius 2 is 1.93 bits per heavy atom. The van der Waals surface area contributed by atoms with Crippen molar-refractivity contribution in [2.45, 2.75) is 38.3 Å². The molecule has 0 spiro atoms. The lowest BCUT2D eigenvalue weighted by molar-refractivity contribution is -0.140. The van der Waals surface area contributed by atoms with Crippen molar-refractivity contribution in [3.8, 4) is 0 Å². The smallest absolute Gasteiger partial charge is 0.330 e. The van der Waals surface area contributed by atoms with Crippen LogP contribution in [-0.2, 0) is 14.3 Å². The van der Waals surface area contributed by atoms with E-state index in [2.05, 4.69) is 10.6 Å². The van der Waals surface area contributed by atoms with Gasteiger partial charge in [0.1, 0.15) is 12.1 Å². The van der Waals surface area contributed by atoms with E-state index in [0.717, 1.165) is 23.3 Å². The highest BCUT2D eigenvalue weighted by molar-refractivity contribution is 6.06. The SMILES string of the molecule is CC1(C)NC(=O)N(CCOC(=O)/C=C/c2ccc(C(=O)NC3CC3)cc2)C1=O. The molecule has 0 radical (unpaired) electrons. The predicted molar refractivity (Wildman–Crippen MR) is 101 cm³/mol. The summed E-state index contributed by atoms with van der Waals surface area (Å²) in [6, 6.07) is 6.67. The summed E-state index contributed by atoms with van der Waals surface area (Å²) in [4.78, 5) is 48.5. The van der Waals surface area contributed by atoms with Crippen molar-refractivity contribution in [1.82, 2.24) is 15.5 Å². The standard InChI is InChI=1S/C20H23N3O5/c1-20(2)18(26)23(19(27)22-20)11-12-28-16(24)10-5-13-3-6-14(7-4-13)17(25)21-15-8-9-15/h3-7,10,15H,8-9,11-12H2,1-2H3,(H,21,25)(H,22,27)/b10-5+. The number of carbonyl (C=O) groups is 4. The Bertz CT molecular complexity index is 825. The maximum Gasteiger partial charge on any atom is 0.330 e. The number of nitrogens with zero attached hydrogens (tertiary/aromatic N) is 1. The summed E-state index contributed by atoms with van der Waals surface area (Å²) in [5, 5.41) is 5.47. The molecule has 1 heterocycles. The molecule has 1 aliphatic carbocycles. The number of nitrogens with one attached hydrogen (secondary N) is 2. The summed E-state index contributed by atoms with van der Waals surface area (Å²) in [7, 11) is 0. The van der Waals surface area contributed by atoms with Gasteiger partial charge in [-0.05, 0) is 50.5 Å². The van der Waals surface area contributed by atoms with Gasteiger partial charge in [-0.2, -0.15) is 0 Å². The summed E-state index contributed by atoms with van der Waals surface area (Å²) in [5.41, 5.74) is 0.377. The van der Waals surface area contributed by atoms with Gasteiger partial charge in [-0.3, -0.25) is 14.5 Å². The second-order valence-corrected chi connectivity index (χ2v) is 7.38. The summed E-state index contributed by atoms with van der Waals surface area (Å²) in [6.45, 7) is 3.14. The Kier molecular flexibility index (Phi) is 5.48. The normalized spacial score (nSPS) is 18.3. The van der Waals surface area contributed by atoms with Gasteiger partial charge in [-0.1, -0.05) is 12.1 Å². The summed E-state index contributed by atoms with van der Waals surface area (Å²) in [5.74, 6) is -1.03. The second-order valence-electron chi connectivity index (χ2n) is 7.38. The molecule has 1 aromatic carbocycles. The highest BCUT2D eigenvalue weighted by Crippen LogP contribution is 2.19. The van der Waals surface area contributed by atoms with Gasteiger partial charge >= 0.3 is 12.0 Å². The number of hydrogen-bond donors (Lipinski definition) is 2. The van der Waals surface area contributed by atoms with Crippen LogP contribution in [-0.4, -0.2) is 53.4 Å². The molecule has 1 saturated heterocycles. The van der Waals surface area contributed by atoms with Gasteiger partial charge in [-0.25, -0.2) is 9.59 Å². The van der Waals surface area contributed by atoms with Gasteiger partial charge in [0.15, 0.2) is 0 Å². The molecule has 0 unspecified atom stereocenters. The molecule has 148 valence electrons. The number of esters is 1. The summed E-state index contributed by atoms with van der Waals surface area (Å²) < 4.78 is 5.04. The molecule has 1 aromatic rings. The topological polar surface area (TPSA) is 105 Å². The van der Waals surface area contributed by atoms with Gasteiger partial charge in [0.05, 0.1) is 6.54 Å². The molecule has 28 heavy (non-hydrogen) atoms. The van der Waals surface area contributed by atoms with Crippen molar-refractivity contribution in [1.29, 1.82) is 0 Å². The number of carbonyl (C=O) groups excluding carboxylic acids is 4. The first-order valence-electron chi connectivity index (χ1n) is 9.16. The van der Waals surface area contributed by atoms with Crippen molar-refractivity contribution in [3.63, 3.8) is 0 Å². The minimum absolute atomic E-state index is 0.00151. The number of rotatable bonds is 7. The fourth-order valence-electron chi connectivity index (χ4n) is 2.71. The Morgan fingerprint density at radius 1 is 1.25 bits per heavy atom. The van der Waals surface area contributed by atoms with Crippen molar-refractivity contribution in [2.75, 3.05) is 13.2 Å². The molecule has 3 rings (SSSR count). The largest absolute Gasteiger partial charge is 0.461 e. The van der Waals surface area contributed by atoms with Crippen LogP contribution in [0, 0.1) is 0 Å². The maximum absolute atomic E-state index is 12.0.